The molecule has 2 aromatic carbocycles. The summed E-state index contributed by atoms with van der Waals surface area (Å²) in [5.41, 5.74) is 2.51. The van der Waals surface area contributed by atoms with E-state index in [0.717, 1.165) is 37.3 Å². The van der Waals surface area contributed by atoms with Gasteiger partial charge in [0.1, 0.15) is 17.7 Å². The van der Waals surface area contributed by atoms with Crippen molar-refractivity contribution in [3.8, 4) is 0 Å². The number of carbonyl (C=O) groups is 3. The van der Waals surface area contributed by atoms with Crippen molar-refractivity contribution in [2.45, 2.75) is 90.4 Å². The molecule has 0 spiro atoms. The number of carbonyl (C=O) groups excluding carboxylic acids is 3. The van der Waals surface area contributed by atoms with E-state index in [1.54, 1.807) is 0 Å². The van der Waals surface area contributed by atoms with Gasteiger partial charge in [0.2, 0.25) is 5.91 Å². The van der Waals surface area contributed by atoms with Crippen molar-refractivity contribution in [2.75, 3.05) is 26.2 Å². The fourth-order valence-corrected chi connectivity index (χ4v) is 5.39. The Morgan fingerprint density at radius 2 is 1.61 bits per heavy atom. The molecule has 0 bridgehead atoms. The SMILES string of the molecule is CCCCC(C(=O)N[C@@H](Cc1cc(F)cc(F)c1)[C@@H](O)CNCc1cccc(CC)c1)N1CCN(CCCC)C(=O)C1=O.Cl. The summed E-state index contributed by atoms with van der Waals surface area (Å²) in [6.45, 7) is 7.71. The molecular formula is C33H47ClF2N4O4. The maximum Gasteiger partial charge on any atom is 0.312 e. The van der Waals surface area contributed by atoms with Crippen LogP contribution in [0, 0.1) is 11.6 Å². The monoisotopic (exact) mass is 636 g/mol. The summed E-state index contributed by atoms with van der Waals surface area (Å²) in [6, 6.07) is 9.36. The Hall–Kier alpha value is -3.08. The van der Waals surface area contributed by atoms with Crippen molar-refractivity contribution in [1.29, 1.82) is 0 Å². The van der Waals surface area contributed by atoms with Crippen LogP contribution in [0.4, 0.5) is 8.78 Å². The number of amides is 3. The first-order valence-electron chi connectivity index (χ1n) is 15.5. The first-order chi connectivity index (χ1) is 20.7. The Morgan fingerprint density at radius 1 is 0.932 bits per heavy atom. The van der Waals surface area contributed by atoms with Crippen LogP contribution in [0.1, 0.15) is 69.6 Å². The molecule has 44 heavy (non-hydrogen) atoms. The van der Waals surface area contributed by atoms with Crippen molar-refractivity contribution in [1.82, 2.24) is 20.4 Å². The molecular weight excluding hydrogens is 590 g/mol. The number of nitrogens with zero attached hydrogens (tertiary/aromatic N) is 2. The van der Waals surface area contributed by atoms with Crippen LogP contribution in [0.3, 0.4) is 0 Å². The van der Waals surface area contributed by atoms with Gasteiger partial charge in [0.15, 0.2) is 0 Å². The Labute approximate surface area is 266 Å². The molecule has 1 aliphatic rings. The number of hydrogen-bond donors (Lipinski definition) is 3. The quantitative estimate of drug-likeness (QED) is 0.227. The molecule has 0 aromatic heterocycles. The largest absolute Gasteiger partial charge is 0.390 e. The molecule has 1 saturated heterocycles. The third-order valence-corrected chi connectivity index (χ3v) is 7.89. The molecule has 1 aliphatic heterocycles. The molecule has 8 nitrogen and oxygen atoms in total. The van der Waals surface area contributed by atoms with Crippen molar-refractivity contribution < 1.29 is 28.3 Å². The fraction of sp³-hybridized carbons (Fsp3) is 0.545. The van der Waals surface area contributed by atoms with Gasteiger partial charge in [0, 0.05) is 38.8 Å². The predicted molar refractivity (Wildman–Crippen MR) is 169 cm³/mol. The summed E-state index contributed by atoms with van der Waals surface area (Å²) < 4.78 is 28.0. The summed E-state index contributed by atoms with van der Waals surface area (Å²) in [5.74, 6) is -3.34. The van der Waals surface area contributed by atoms with Gasteiger partial charge < -0.3 is 25.5 Å². The van der Waals surface area contributed by atoms with Crippen LogP contribution in [-0.2, 0) is 33.8 Å². The molecule has 3 rings (SSSR count). The molecule has 3 amide bonds. The van der Waals surface area contributed by atoms with Crippen LogP contribution >= 0.6 is 12.4 Å². The number of halogens is 3. The molecule has 1 unspecified atom stereocenters. The topological polar surface area (TPSA) is 102 Å². The summed E-state index contributed by atoms with van der Waals surface area (Å²) in [6.07, 6.45) is 3.21. The summed E-state index contributed by atoms with van der Waals surface area (Å²) >= 11 is 0. The number of unbranched alkanes of at least 4 members (excludes halogenated alkanes) is 2. The summed E-state index contributed by atoms with van der Waals surface area (Å²) in [4.78, 5) is 42.6. The highest BCUT2D eigenvalue weighted by molar-refractivity contribution is 6.35. The third kappa shape index (κ3) is 10.8. The molecule has 0 radical (unpaired) electrons. The molecule has 11 heteroatoms. The molecule has 1 heterocycles. The van der Waals surface area contributed by atoms with Gasteiger partial charge in [-0.05, 0) is 54.5 Å². The molecule has 1 fully saturated rings. The molecule has 0 aliphatic carbocycles. The Morgan fingerprint density at radius 3 is 2.27 bits per heavy atom. The summed E-state index contributed by atoms with van der Waals surface area (Å²) in [5, 5.41) is 17.3. The Kier molecular flexibility index (Phi) is 15.7. The molecule has 244 valence electrons. The lowest BCUT2D eigenvalue weighted by atomic mass is 9.99. The number of nitrogens with one attached hydrogen (secondary N) is 2. The van der Waals surface area contributed by atoms with Crippen molar-refractivity contribution >= 4 is 30.1 Å². The minimum Gasteiger partial charge on any atom is -0.390 e. The van der Waals surface area contributed by atoms with E-state index < -0.39 is 47.5 Å². The van der Waals surface area contributed by atoms with Crippen LogP contribution < -0.4 is 10.6 Å². The first-order valence-corrected chi connectivity index (χ1v) is 15.5. The van der Waals surface area contributed by atoms with E-state index in [9.17, 15) is 28.3 Å². The number of rotatable bonds is 17. The number of aliphatic hydroxyl groups excluding tert-OH is 1. The minimum atomic E-state index is -1.11. The fourth-order valence-electron chi connectivity index (χ4n) is 5.39. The first kappa shape index (κ1) is 37.1. The zero-order valence-corrected chi connectivity index (χ0v) is 26.8. The van der Waals surface area contributed by atoms with E-state index >= 15 is 0 Å². The molecule has 0 saturated carbocycles. The maximum atomic E-state index is 14.0. The van der Waals surface area contributed by atoms with Crippen LogP contribution in [0.5, 0.6) is 0 Å². The van der Waals surface area contributed by atoms with Gasteiger partial charge in [-0.1, -0.05) is 64.3 Å². The van der Waals surface area contributed by atoms with E-state index in [1.165, 1.54) is 27.5 Å². The highest BCUT2D eigenvalue weighted by Gasteiger charge is 2.39. The standard InChI is InChI=1S/C33H46F2N4O4.ClH/c1-4-7-12-29(39-15-14-38(13-8-5-2)32(42)33(39)43)31(41)37-28(19-25-17-26(34)20-27(35)18-25)30(40)22-36-21-24-11-9-10-23(6-3)16-24;/h9-11,16-18,20,28-30,36,40H,4-8,12-15,19,21-22H2,1-3H3,(H,37,41);1H/t28-,29?,30-;/m0./s1. The zero-order valence-electron chi connectivity index (χ0n) is 26.0. The number of aryl methyl sites for hydroxylation is 1. The van der Waals surface area contributed by atoms with Gasteiger partial charge in [-0.25, -0.2) is 8.78 Å². The van der Waals surface area contributed by atoms with Crippen molar-refractivity contribution in [2.24, 2.45) is 0 Å². The average molecular weight is 637 g/mol. The van der Waals surface area contributed by atoms with Gasteiger partial charge in [-0.3, -0.25) is 14.4 Å². The van der Waals surface area contributed by atoms with Crippen LogP contribution in [0.15, 0.2) is 42.5 Å². The number of aliphatic hydroxyl groups is 1. The van der Waals surface area contributed by atoms with Gasteiger partial charge >= 0.3 is 11.8 Å². The highest BCUT2D eigenvalue weighted by atomic mass is 35.5. The van der Waals surface area contributed by atoms with Gasteiger partial charge in [0.25, 0.3) is 0 Å². The van der Waals surface area contributed by atoms with Crippen LogP contribution in [-0.4, -0.2) is 77.0 Å². The van der Waals surface area contributed by atoms with Gasteiger partial charge in [0.05, 0.1) is 12.1 Å². The molecule has 3 N–H and O–H groups in total. The predicted octanol–water partition coefficient (Wildman–Crippen LogP) is 4.16. The van der Waals surface area contributed by atoms with Crippen LogP contribution in [0.25, 0.3) is 0 Å². The number of hydrogen-bond acceptors (Lipinski definition) is 5. The van der Waals surface area contributed by atoms with E-state index in [1.807, 2.05) is 32.0 Å². The number of piperazine rings is 1. The van der Waals surface area contributed by atoms with Gasteiger partial charge in [-0.15, -0.1) is 12.4 Å². The second-order valence-corrected chi connectivity index (χ2v) is 11.3. The Bertz CT molecular complexity index is 1210. The van der Waals surface area contributed by atoms with Crippen molar-refractivity contribution in [3.63, 3.8) is 0 Å². The second kappa shape index (κ2) is 18.7. The lowest BCUT2D eigenvalue weighted by molar-refractivity contribution is -0.159. The maximum absolute atomic E-state index is 14.0. The Balaban J connectivity index is 0.00000675. The highest BCUT2D eigenvalue weighted by Crippen LogP contribution is 2.18. The summed E-state index contributed by atoms with van der Waals surface area (Å²) in [7, 11) is 0. The van der Waals surface area contributed by atoms with Crippen LogP contribution in [0.2, 0.25) is 0 Å². The minimum absolute atomic E-state index is 0. The van der Waals surface area contributed by atoms with E-state index in [2.05, 4.69) is 23.6 Å². The number of benzene rings is 2. The second-order valence-electron chi connectivity index (χ2n) is 11.3. The lowest BCUT2D eigenvalue weighted by Crippen LogP contribution is -2.62. The van der Waals surface area contributed by atoms with E-state index in [4.69, 9.17) is 0 Å². The third-order valence-electron chi connectivity index (χ3n) is 7.89. The van der Waals surface area contributed by atoms with Gasteiger partial charge in [-0.2, -0.15) is 0 Å². The average Bonchev–Trinajstić information content (AvgIpc) is 2.98. The lowest BCUT2D eigenvalue weighted by Gasteiger charge is -2.38. The molecule has 3 atom stereocenters. The van der Waals surface area contributed by atoms with E-state index in [0.29, 0.717) is 32.5 Å². The normalized spacial score (nSPS) is 15.5. The van der Waals surface area contributed by atoms with E-state index in [-0.39, 0.29) is 37.5 Å². The van der Waals surface area contributed by atoms with Crippen molar-refractivity contribution in [3.05, 3.63) is 70.8 Å². The zero-order chi connectivity index (χ0) is 31.4. The smallest absolute Gasteiger partial charge is 0.312 e. The molecule has 2 aromatic rings.